The van der Waals surface area contributed by atoms with Gasteiger partial charge >= 0.3 is 0 Å². The summed E-state index contributed by atoms with van der Waals surface area (Å²) in [6, 6.07) is 0. The van der Waals surface area contributed by atoms with Crippen LogP contribution in [0, 0.1) is 5.92 Å². The van der Waals surface area contributed by atoms with E-state index >= 15 is 0 Å². The average Bonchev–Trinajstić information content (AvgIpc) is 1.99. The van der Waals surface area contributed by atoms with Crippen LogP contribution in [0.3, 0.4) is 0 Å². The molecule has 0 bridgehead atoms. The SMILES string of the molecule is CCCC(C)S(=O)(=O)NC(=O)C1CCC1. The Morgan fingerprint density at radius 1 is 1.47 bits per heavy atom. The molecule has 5 heteroatoms. The Hall–Kier alpha value is -0.580. The fourth-order valence-corrected chi connectivity index (χ4v) is 2.75. The molecule has 0 heterocycles. The van der Waals surface area contributed by atoms with Crippen molar-refractivity contribution < 1.29 is 13.2 Å². The lowest BCUT2D eigenvalue weighted by Gasteiger charge is -2.24. The third-order valence-electron chi connectivity index (χ3n) is 2.94. The summed E-state index contributed by atoms with van der Waals surface area (Å²) in [7, 11) is -3.44. The van der Waals surface area contributed by atoms with Crippen LogP contribution in [0.4, 0.5) is 0 Å². The number of amides is 1. The van der Waals surface area contributed by atoms with Gasteiger partial charge in [0.25, 0.3) is 0 Å². The normalized spacial score (nSPS) is 19.3. The molecule has 1 aliphatic rings. The van der Waals surface area contributed by atoms with Crippen LogP contribution < -0.4 is 4.72 Å². The maximum Gasteiger partial charge on any atom is 0.237 e. The zero-order valence-corrected chi connectivity index (χ0v) is 10.1. The van der Waals surface area contributed by atoms with Gasteiger partial charge in [0.2, 0.25) is 15.9 Å². The van der Waals surface area contributed by atoms with Crippen molar-refractivity contribution in [2.45, 2.75) is 51.2 Å². The van der Waals surface area contributed by atoms with E-state index in [1.165, 1.54) is 0 Å². The number of hydrogen-bond acceptors (Lipinski definition) is 3. The maximum absolute atomic E-state index is 11.6. The maximum atomic E-state index is 11.6. The highest BCUT2D eigenvalue weighted by Crippen LogP contribution is 2.26. The predicted molar refractivity (Wildman–Crippen MR) is 58.8 cm³/mol. The Morgan fingerprint density at radius 3 is 2.47 bits per heavy atom. The lowest BCUT2D eigenvalue weighted by atomic mass is 9.85. The first-order valence-electron chi connectivity index (χ1n) is 5.53. The Balaban J connectivity index is 2.51. The van der Waals surface area contributed by atoms with E-state index in [1.807, 2.05) is 6.92 Å². The van der Waals surface area contributed by atoms with Crippen LogP contribution in [0.2, 0.25) is 0 Å². The monoisotopic (exact) mass is 233 g/mol. The molecule has 0 spiro atoms. The topological polar surface area (TPSA) is 63.2 Å². The lowest BCUT2D eigenvalue weighted by Crippen LogP contribution is -2.42. The number of hydrogen-bond donors (Lipinski definition) is 1. The second kappa shape index (κ2) is 4.96. The molecule has 0 aliphatic heterocycles. The summed E-state index contributed by atoms with van der Waals surface area (Å²) in [6.45, 7) is 3.57. The van der Waals surface area contributed by atoms with Crippen molar-refractivity contribution in [3.05, 3.63) is 0 Å². The molecule has 0 radical (unpaired) electrons. The molecule has 0 aromatic rings. The Morgan fingerprint density at radius 2 is 2.07 bits per heavy atom. The summed E-state index contributed by atoms with van der Waals surface area (Å²) in [5.41, 5.74) is 0. The number of sulfonamides is 1. The molecule has 1 amide bonds. The van der Waals surface area contributed by atoms with Crippen LogP contribution in [0.1, 0.15) is 46.0 Å². The first-order chi connectivity index (χ1) is 6.97. The van der Waals surface area contributed by atoms with Crippen molar-refractivity contribution in [1.82, 2.24) is 4.72 Å². The highest BCUT2D eigenvalue weighted by Gasteiger charge is 2.30. The molecule has 1 aliphatic carbocycles. The molecule has 1 fully saturated rings. The molecule has 15 heavy (non-hydrogen) atoms. The predicted octanol–water partition coefficient (Wildman–Crippen LogP) is 1.42. The molecular formula is C10H19NO3S. The van der Waals surface area contributed by atoms with Crippen molar-refractivity contribution in [3.8, 4) is 0 Å². The van der Waals surface area contributed by atoms with E-state index in [2.05, 4.69) is 4.72 Å². The molecule has 0 saturated heterocycles. The Labute approximate surface area is 91.5 Å². The number of carbonyl (C=O) groups excluding carboxylic acids is 1. The molecule has 1 unspecified atom stereocenters. The molecule has 4 nitrogen and oxygen atoms in total. The van der Waals surface area contributed by atoms with Gasteiger partial charge in [0.05, 0.1) is 5.25 Å². The number of carbonyl (C=O) groups is 1. The van der Waals surface area contributed by atoms with E-state index in [4.69, 9.17) is 0 Å². The third kappa shape index (κ3) is 3.19. The summed E-state index contributed by atoms with van der Waals surface area (Å²) >= 11 is 0. The van der Waals surface area contributed by atoms with Crippen LogP contribution in [0.5, 0.6) is 0 Å². The van der Waals surface area contributed by atoms with E-state index in [9.17, 15) is 13.2 Å². The van der Waals surface area contributed by atoms with E-state index in [-0.39, 0.29) is 11.8 Å². The van der Waals surface area contributed by atoms with Gasteiger partial charge in [0, 0.05) is 5.92 Å². The molecule has 0 aromatic carbocycles. The molecule has 1 saturated carbocycles. The molecular weight excluding hydrogens is 214 g/mol. The van der Waals surface area contributed by atoms with Gasteiger partial charge < -0.3 is 0 Å². The van der Waals surface area contributed by atoms with Crippen LogP contribution in [-0.2, 0) is 14.8 Å². The Bertz CT molecular complexity index is 320. The zero-order chi connectivity index (χ0) is 11.5. The minimum Gasteiger partial charge on any atom is -0.274 e. The third-order valence-corrected chi connectivity index (χ3v) is 4.72. The fourth-order valence-electron chi connectivity index (χ4n) is 1.56. The average molecular weight is 233 g/mol. The molecule has 1 atom stereocenters. The van der Waals surface area contributed by atoms with Crippen molar-refractivity contribution in [1.29, 1.82) is 0 Å². The minimum atomic E-state index is -3.44. The summed E-state index contributed by atoms with van der Waals surface area (Å²) < 4.78 is 25.5. The lowest BCUT2D eigenvalue weighted by molar-refractivity contribution is -0.125. The molecule has 0 aromatic heterocycles. The quantitative estimate of drug-likeness (QED) is 0.781. The summed E-state index contributed by atoms with van der Waals surface area (Å²) in [6.07, 6.45) is 4.07. The minimum absolute atomic E-state index is 0.0754. The number of nitrogens with one attached hydrogen (secondary N) is 1. The summed E-state index contributed by atoms with van der Waals surface area (Å²) in [5, 5.41) is -0.480. The van der Waals surface area contributed by atoms with E-state index in [1.54, 1.807) is 6.92 Å². The van der Waals surface area contributed by atoms with E-state index in [0.717, 1.165) is 25.7 Å². The van der Waals surface area contributed by atoms with Crippen LogP contribution in [0.25, 0.3) is 0 Å². The van der Waals surface area contributed by atoms with Crippen molar-refractivity contribution in [3.63, 3.8) is 0 Å². The first-order valence-corrected chi connectivity index (χ1v) is 7.07. The molecule has 1 rings (SSSR count). The van der Waals surface area contributed by atoms with Crippen LogP contribution >= 0.6 is 0 Å². The van der Waals surface area contributed by atoms with Gasteiger partial charge in [-0.3, -0.25) is 9.52 Å². The van der Waals surface area contributed by atoms with Crippen molar-refractivity contribution in [2.75, 3.05) is 0 Å². The highest BCUT2D eigenvalue weighted by atomic mass is 32.2. The highest BCUT2D eigenvalue weighted by molar-refractivity contribution is 7.90. The van der Waals surface area contributed by atoms with Crippen molar-refractivity contribution >= 4 is 15.9 Å². The standard InChI is InChI=1S/C10H19NO3S/c1-3-5-8(2)15(13,14)11-10(12)9-6-4-7-9/h8-9H,3-7H2,1-2H3,(H,11,12). The van der Waals surface area contributed by atoms with Crippen molar-refractivity contribution in [2.24, 2.45) is 5.92 Å². The largest absolute Gasteiger partial charge is 0.274 e. The van der Waals surface area contributed by atoms with E-state index in [0.29, 0.717) is 6.42 Å². The van der Waals surface area contributed by atoms with Crippen LogP contribution in [-0.4, -0.2) is 19.6 Å². The van der Waals surface area contributed by atoms with Gasteiger partial charge in [-0.2, -0.15) is 0 Å². The molecule has 1 N–H and O–H groups in total. The fraction of sp³-hybridized carbons (Fsp3) is 0.900. The summed E-state index contributed by atoms with van der Waals surface area (Å²) in [5.74, 6) is -0.391. The smallest absolute Gasteiger partial charge is 0.237 e. The summed E-state index contributed by atoms with van der Waals surface area (Å²) in [4.78, 5) is 11.5. The van der Waals surface area contributed by atoms with E-state index < -0.39 is 15.3 Å². The first kappa shape index (κ1) is 12.5. The second-order valence-electron chi connectivity index (χ2n) is 4.24. The van der Waals surface area contributed by atoms with Gasteiger partial charge in [-0.15, -0.1) is 0 Å². The van der Waals surface area contributed by atoms with Gasteiger partial charge in [-0.1, -0.05) is 19.8 Å². The van der Waals surface area contributed by atoms with Crippen LogP contribution in [0.15, 0.2) is 0 Å². The Kier molecular flexibility index (Phi) is 4.13. The van der Waals surface area contributed by atoms with Gasteiger partial charge in [0.1, 0.15) is 0 Å². The van der Waals surface area contributed by atoms with Gasteiger partial charge in [-0.05, 0) is 26.2 Å². The molecule has 88 valence electrons. The zero-order valence-electron chi connectivity index (χ0n) is 9.32. The van der Waals surface area contributed by atoms with Gasteiger partial charge in [-0.25, -0.2) is 8.42 Å². The van der Waals surface area contributed by atoms with Gasteiger partial charge in [0.15, 0.2) is 0 Å². The number of rotatable bonds is 5. The second-order valence-corrected chi connectivity index (χ2v) is 6.34.